The maximum absolute atomic E-state index is 13.2. The van der Waals surface area contributed by atoms with Crippen molar-refractivity contribution < 1.29 is 13.2 Å². The van der Waals surface area contributed by atoms with Gasteiger partial charge in [0.05, 0.1) is 11.4 Å². The van der Waals surface area contributed by atoms with Crippen molar-refractivity contribution in [2.75, 3.05) is 0 Å². The summed E-state index contributed by atoms with van der Waals surface area (Å²) < 4.78 is 24.3. The molecule has 0 bridgehead atoms. The second-order valence-corrected chi connectivity index (χ2v) is 7.38. The van der Waals surface area contributed by atoms with Crippen molar-refractivity contribution in [3.63, 3.8) is 0 Å². The molecule has 126 valence electrons. The topological polar surface area (TPSA) is 65.0 Å². The normalized spacial score (nSPS) is 11.8. The Hall–Kier alpha value is -2.15. The van der Waals surface area contributed by atoms with Crippen LogP contribution in [0.4, 0.5) is 4.39 Å². The highest BCUT2D eigenvalue weighted by molar-refractivity contribution is 7.97. The minimum Gasteiger partial charge on any atom is -0.444 e. The number of nitrogens with zero attached hydrogens (tertiary/aromatic N) is 3. The van der Waals surface area contributed by atoms with Crippen molar-refractivity contribution >= 4 is 11.8 Å². The van der Waals surface area contributed by atoms with Crippen molar-refractivity contribution in [1.82, 2.24) is 15.2 Å². The van der Waals surface area contributed by atoms with E-state index in [-0.39, 0.29) is 11.2 Å². The minimum atomic E-state index is -0.312. The molecule has 0 aliphatic heterocycles. The van der Waals surface area contributed by atoms with Gasteiger partial charge >= 0.3 is 0 Å². The monoisotopic (exact) mass is 347 g/mol. The fourth-order valence-electron chi connectivity index (χ4n) is 1.99. The van der Waals surface area contributed by atoms with Gasteiger partial charge in [0, 0.05) is 16.7 Å². The third-order valence-electron chi connectivity index (χ3n) is 3.21. The van der Waals surface area contributed by atoms with Gasteiger partial charge in [0.1, 0.15) is 12.1 Å². The minimum absolute atomic E-state index is 0.151. The molecule has 0 spiro atoms. The summed E-state index contributed by atoms with van der Waals surface area (Å²) in [4.78, 5) is 4.38. The van der Waals surface area contributed by atoms with E-state index < -0.39 is 0 Å². The molecular formula is C17H18FN3O2S. The Morgan fingerprint density at radius 3 is 2.71 bits per heavy atom. The van der Waals surface area contributed by atoms with E-state index in [2.05, 4.69) is 15.2 Å². The van der Waals surface area contributed by atoms with Crippen molar-refractivity contribution in [3.8, 4) is 11.5 Å². The highest BCUT2D eigenvalue weighted by Crippen LogP contribution is 2.24. The standard InChI is InChI=1S/C17H18FN3O2S/c1-17(2,3)16-21-20-14(23-16)10-24-9-13-8-22-15(19-13)11-5-4-6-12(18)7-11/h4-8H,9-10H2,1-3H3. The van der Waals surface area contributed by atoms with Crippen molar-refractivity contribution in [1.29, 1.82) is 0 Å². The number of aromatic nitrogens is 3. The van der Waals surface area contributed by atoms with E-state index in [1.54, 1.807) is 30.2 Å². The Bertz CT molecular complexity index is 823. The molecule has 0 aliphatic rings. The first kappa shape index (κ1) is 16.7. The second-order valence-electron chi connectivity index (χ2n) is 6.40. The van der Waals surface area contributed by atoms with Crippen LogP contribution in [0.5, 0.6) is 0 Å². The lowest BCUT2D eigenvalue weighted by Crippen LogP contribution is -2.11. The molecule has 0 fully saturated rings. The average molecular weight is 347 g/mol. The van der Waals surface area contributed by atoms with E-state index >= 15 is 0 Å². The zero-order valence-electron chi connectivity index (χ0n) is 13.7. The van der Waals surface area contributed by atoms with Gasteiger partial charge < -0.3 is 8.83 Å². The summed E-state index contributed by atoms with van der Waals surface area (Å²) in [7, 11) is 0. The predicted octanol–water partition coefficient (Wildman–Crippen LogP) is 4.59. The first-order valence-electron chi connectivity index (χ1n) is 7.53. The Morgan fingerprint density at radius 2 is 2.00 bits per heavy atom. The van der Waals surface area contributed by atoms with Gasteiger partial charge in [-0.05, 0) is 18.2 Å². The largest absolute Gasteiger partial charge is 0.444 e. The van der Waals surface area contributed by atoms with Gasteiger partial charge in [0.25, 0.3) is 0 Å². The number of hydrogen-bond donors (Lipinski definition) is 0. The molecule has 0 N–H and O–H groups in total. The maximum atomic E-state index is 13.2. The lowest BCUT2D eigenvalue weighted by molar-refractivity contribution is 0.378. The van der Waals surface area contributed by atoms with E-state index in [1.165, 1.54) is 12.1 Å². The van der Waals surface area contributed by atoms with E-state index in [9.17, 15) is 4.39 Å². The highest BCUT2D eigenvalue weighted by Gasteiger charge is 2.21. The summed E-state index contributed by atoms with van der Waals surface area (Å²) >= 11 is 1.60. The molecule has 1 aromatic carbocycles. The van der Waals surface area contributed by atoms with E-state index in [4.69, 9.17) is 8.83 Å². The first-order valence-corrected chi connectivity index (χ1v) is 8.68. The van der Waals surface area contributed by atoms with Gasteiger partial charge in [-0.25, -0.2) is 9.37 Å². The summed E-state index contributed by atoms with van der Waals surface area (Å²) in [5.41, 5.74) is 1.26. The molecule has 7 heteroatoms. The summed E-state index contributed by atoms with van der Waals surface area (Å²) in [5, 5.41) is 8.12. The predicted molar refractivity (Wildman–Crippen MR) is 89.9 cm³/mol. The summed E-state index contributed by atoms with van der Waals surface area (Å²) in [6.07, 6.45) is 1.58. The molecule has 0 radical (unpaired) electrons. The zero-order valence-corrected chi connectivity index (χ0v) is 14.6. The number of thioether (sulfide) groups is 1. The van der Waals surface area contributed by atoms with Gasteiger partial charge in [-0.2, -0.15) is 0 Å². The van der Waals surface area contributed by atoms with Crippen LogP contribution in [0.3, 0.4) is 0 Å². The lowest BCUT2D eigenvalue weighted by atomic mass is 9.97. The molecule has 2 heterocycles. The molecule has 0 saturated carbocycles. The highest BCUT2D eigenvalue weighted by atomic mass is 32.2. The average Bonchev–Trinajstić information content (AvgIpc) is 3.16. The smallest absolute Gasteiger partial charge is 0.226 e. The van der Waals surface area contributed by atoms with Gasteiger partial charge in [0.15, 0.2) is 0 Å². The van der Waals surface area contributed by atoms with Crippen LogP contribution in [-0.2, 0) is 16.9 Å². The van der Waals surface area contributed by atoms with Gasteiger partial charge in [-0.1, -0.05) is 26.8 Å². The Morgan fingerprint density at radius 1 is 1.17 bits per heavy atom. The molecular weight excluding hydrogens is 329 g/mol. The molecule has 3 rings (SSSR count). The number of rotatable bonds is 5. The fraction of sp³-hybridized carbons (Fsp3) is 0.353. The van der Waals surface area contributed by atoms with Crippen LogP contribution >= 0.6 is 11.8 Å². The number of hydrogen-bond acceptors (Lipinski definition) is 6. The van der Waals surface area contributed by atoms with Crippen molar-refractivity contribution in [3.05, 3.63) is 53.8 Å². The van der Waals surface area contributed by atoms with Gasteiger partial charge in [-0.3, -0.25) is 0 Å². The van der Waals surface area contributed by atoms with Crippen molar-refractivity contribution in [2.24, 2.45) is 0 Å². The molecule has 0 saturated heterocycles. The van der Waals surface area contributed by atoms with Crippen LogP contribution in [0, 0.1) is 5.82 Å². The Balaban J connectivity index is 1.57. The maximum Gasteiger partial charge on any atom is 0.226 e. The van der Waals surface area contributed by atoms with Crippen molar-refractivity contribution in [2.45, 2.75) is 37.7 Å². The Kier molecular flexibility index (Phi) is 4.71. The number of oxazole rings is 1. The molecule has 24 heavy (non-hydrogen) atoms. The van der Waals surface area contributed by atoms with Crippen LogP contribution < -0.4 is 0 Å². The molecule has 0 unspecified atom stereocenters. The van der Waals surface area contributed by atoms with E-state index in [0.29, 0.717) is 34.7 Å². The van der Waals surface area contributed by atoms with Gasteiger partial charge in [-0.15, -0.1) is 22.0 Å². The molecule has 0 amide bonds. The van der Waals surface area contributed by atoms with Crippen LogP contribution in [0.15, 0.2) is 39.4 Å². The molecule has 5 nitrogen and oxygen atoms in total. The quantitative estimate of drug-likeness (QED) is 0.672. The van der Waals surface area contributed by atoms with Crippen LogP contribution in [-0.4, -0.2) is 15.2 Å². The molecule has 2 aromatic heterocycles. The van der Waals surface area contributed by atoms with E-state index in [1.807, 2.05) is 20.8 Å². The summed E-state index contributed by atoms with van der Waals surface area (Å²) in [5.74, 6) is 2.58. The van der Waals surface area contributed by atoms with Gasteiger partial charge in [0.2, 0.25) is 17.7 Å². The number of halogens is 1. The van der Waals surface area contributed by atoms with Crippen LogP contribution in [0.25, 0.3) is 11.5 Å². The fourth-order valence-corrected chi connectivity index (χ4v) is 2.72. The lowest BCUT2D eigenvalue weighted by Gasteiger charge is -2.10. The zero-order chi connectivity index (χ0) is 17.2. The third-order valence-corrected chi connectivity index (χ3v) is 4.16. The SMILES string of the molecule is CC(C)(C)c1nnc(CSCc2coc(-c3cccc(F)c3)n2)o1. The Labute approximate surface area is 143 Å². The second kappa shape index (κ2) is 6.76. The van der Waals surface area contributed by atoms with Crippen LogP contribution in [0.1, 0.15) is 38.2 Å². The summed E-state index contributed by atoms with van der Waals surface area (Å²) in [6.45, 7) is 6.09. The summed E-state index contributed by atoms with van der Waals surface area (Å²) in [6, 6.07) is 6.18. The third kappa shape index (κ3) is 4.03. The first-order chi connectivity index (χ1) is 11.4. The van der Waals surface area contributed by atoms with E-state index in [0.717, 1.165) is 5.69 Å². The van der Waals surface area contributed by atoms with Crippen LogP contribution in [0.2, 0.25) is 0 Å². The molecule has 3 aromatic rings. The molecule has 0 aliphatic carbocycles. The molecule has 0 atom stereocenters. The number of benzene rings is 1.